The summed E-state index contributed by atoms with van der Waals surface area (Å²) in [5.41, 5.74) is 2.88. The van der Waals surface area contributed by atoms with E-state index in [0.29, 0.717) is 13.1 Å². The zero-order valence-corrected chi connectivity index (χ0v) is 19.7. The maximum Gasteiger partial charge on any atom is 0.193 e. The normalized spacial score (nSPS) is 11.3. The fourth-order valence-corrected chi connectivity index (χ4v) is 3.23. The molecule has 0 bridgehead atoms. The number of nitrogens with one attached hydrogen (secondary N) is 1. The van der Waals surface area contributed by atoms with Crippen molar-refractivity contribution >= 4 is 41.5 Å². The first-order valence-corrected chi connectivity index (χ1v) is 9.37. The Bertz CT molecular complexity index is 950. The molecule has 0 spiro atoms. The van der Waals surface area contributed by atoms with Gasteiger partial charge in [0.25, 0.3) is 0 Å². The van der Waals surface area contributed by atoms with Crippen molar-refractivity contribution in [3.05, 3.63) is 71.0 Å². The third-order valence-corrected chi connectivity index (χ3v) is 4.65. The van der Waals surface area contributed by atoms with Gasteiger partial charge in [-0.1, -0.05) is 11.6 Å². The minimum absolute atomic E-state index is 0. The number of benzene rings is 1. The average Bonchev–Trinajstić information content (AvgIpc) is 3.25. The van der Waals surface area contributed by atoms with Crippen LogP contribution in [0.2, 0.25) is 5.02 Å². The molecule has 2 aromatic heterocycles. The summed E-state index contributed by atoms with van der Waals surface area (Å²) in [5, 5.41) is 8.63. The van der Waals surface area contributed by atoms with Gasteiger partial charge in [0, 0.05) is 52.2 Å². The van der Waals surface area contributed by atoms with Crippen LogP contribution in [0, 0.1) is 5.82 Å². The van der Waals surface area contributed by atoms with Crippen LogP contribution in [0.1, 0.15) is 11.4 Å². The predicted molar refractivity (Wildman–Crippen MR) is 126 cm³/mol. The van der Waals surface area contributed by atoms with Crippen LogP contribution in [0.3, 0.4) is 0 Å². The molecular weight excluding hydrogens is 506 g/mol. The van der Waals surface area contributed by atoms with Gasteiger partial charge in [-0.15, -0.1) is 24.0 Å². The van der Waals surface area contributed by atoms with E-state index in [1.807, 2.05) is 48.1 Å². The van der Waals surface area contributed by atoms with Crippen LogP contribution in [0.4, 0.5) is 4.39 Å². The molecule has 0 saturated heterocycles. The number of hydrogen-bond acceptors (Lipinski definition) is 2. The summed E-state index contributed by atoms with van der Waals surface area (Å²) >= 11 is 6.06. The monoisotopic (exact) mass is 530 g/mol. The second-order valence-corrected chi connectivity index (χ2v) is 7.01. The van der Waals surface area contributed by atoms with E-state index in [1.165, 1.54) is 12.1 Å². The van der Waals surface area contributed by atoms with Gasteiger partial charge in [-0.05, 0) is 36.4 Å². The highest BCUT2D eigenvalue weighted by atomic mass is 127. The lowest BCUT2D eigenvalue weighted by molar-refractivity contribution is 0.462. The molecule has 0 aliphatic heterocycles. The predicted octanol–water partition coefficient (Wildman–Crippen LogP) is 3.87. The van der Waals surface area contributed by atoms with Crippen molar-refractivity contribution in [1.29, 1.82) is 0 Å². The van der Waals surface area contributed by atoms with Crippen LogP contribution in [0.25, 0.3) is 5.69 Å². The second-order valence-electron chi connectivity index (χ2n) is 6.57. The number of guanidine groups is 1. The van der Waals surface area contributed by atoms with Gasteiger partial charge in [-0.2, -0.15) is 5.10 Å². The summed E-state index contributed by atoms with van der Waals surface area (Å²) in [6.07, 6.45) is 4.51. The summed E-state index contributed by atoms with van der Waals surface area (Å²) in [4.78, 5) is 6.39. The molecule has 3 rings (SSSR count). The zero-order chi connectivity index (χ0) is 20.1. The number of halogens is 3. The summed E-state index contributed by atoms with van der Waals surface area (Å²) in [6.45, 7) is 1.40. The van der Waals surface area contributed by atoms with E-state index >= 15 is 0 Å². The van der Waals surface area contributed by atoms with Crippen molar-refractivity contribution in [1.82, 2.24) is 24.6 Å². The van der Waals surface area contributed by atoms with Gasteiger partial charge in [0.2, 0.25) is 0 Å². The number of nitrogens with zero attached hydrogens (tertiary/aromatic N) is 5. The molecule has 1 aromatic carbocycles. The fourth-order valence-electron chi connectivity index (χ4n) is 2.96. The Kier molecular flexibility index (Phi) is 8.51. The summed E-state index contributed by atoms with van der Waals surface area (Å²) < 4.78 is 16.8. The Morgan fingerprint density at radius 1 is 1.28 bits per heavy atom. The maximum absolute atomic E-state index is 13.0. The molecule has 0 saturated carbocycles. The molecule has 3 aromatic rings. The molecule has 29 heavy (non-hydrogen) atoms. The largest absolute Gasteiger partial charge is 0.356 e. The van der Waals surface area contributed by atoms with E-state index in [4.69, 9.17) is 11.6 Å². The molecular formula is C20H25ClFIN6. The van der Waals surface area contributed by atoms with Crippen molar-refractivity contribution < 1.29 is 4.39 Å². The number of rotatable bonds is 6. The van der Waals surface area contributed by atoms with Crippen LogP contribution < -0.4 is 5.32 Å². The van der Waals surface area contributed by atoms with Crippen LogP contribution in [-0.2, 0) is 20.0 Å². The Morgan fingerprint density at radius 3 is 2.62 bits per heavy atom. The molecule has 0 aliphatic carbocycles. The Labute approximate surface area is 192 Å². The molecule has 0 atom stereocenters. The summed E-state index contributed by atoms with van der Waals surface area (Å²) in [6, 6.07) is 10.2. The van der Waals surface area contributed by atoms with E-state index in [1.54, 1.807) is 23.9 Å². The third kappa shape index (κ3) is 6.20. The van der Waals surface area contributed by atoms with Crippen molar-refractivity contribution in [3.8, 4) is 5.69 Å². The van der Waals surface area contributed by atoms with Crippen molar-refractivity contribution in [2.75, 3.05) is 20.6 Å². The van der Waals surface area contributed by atoms with Gasteiger partial charge >= 0.3 is 0 Å². The summed E-state index contributed by atoms with van der Waals surface area (Å²) in [7, 11) is 5.72. The summed E-state index contributed by atoms with van der Waals surface area (Å²) in [5.74, 6) is 0.545. The lowest BCUT2D eigenvalue weighted by Crippen LogP contribution is -2.39. The van der Waals surface area contributed by atoms with E-state index in [0.717, 1.165) is 34.5 Å². The van der Waals surface area contributed by atoms with Gasteiger partial charge in [-0.25, -0.2) is 9.07 Å². The topological polar surface area (TPSA) is 50.4 Å². The van der Waals surface area contributed by atoms with Gasteiger partial charge in [-0.3, -0.25) is 4.99 Å². The van der Waals surface area contributed by atoms with Gasteiger partial charge in [0.15, 0.2) is 5.96 Å². The highest BCUT2D eigenvalue weighted by Crippen LogP contribution is 2.14. The highest BCUT2D eigenvalue weighted by Gasteiger charge is 2.10. The molecule has 9 heteroatoms. The molecule has 0 radical (unpaired) electrons. The fraction of sp³-hybridized carbons (Fsp3) is 0.300. The first-order valence-electron chi connectivity index (χ1n) is 8.99. The van der Waals surface area contributed by atoms with Gasteiger partial charge in [0.05, 0.1) is 22.9 Å². The smallest absolute Gasteiger partial charge is 0.193 e. The molecule has 1 N–H and O–H groups in total. The number of aromatic nitrogens is 3. The van der Waals surface area contributed by atoms with Crippen LogP contribution in [0.5, 0.6) is 0 Å². The number of aliphatic imine (C=N–C) groups is 1. The lowest BCUT2D eigenvalue weighted by atomic mass is 10.3. The Balaban J connectivity index is 0.00000300. The molecule has 0 unspecified atom stereocenters. The molecule has 2 heterocycles. The molecule has 156 valence electrons. The molecule has 0 fully saturated rings. The third-order valence-electron chi connectivity index (χ3n) is 4.45. The van der Waals surface area contributed by atoms with E-state index < -0.39 is 0 Å². The standard InChI is InChI=1S/C20H24ClFN6.HI/c1-23-20(27(3)14-19-12-15(21)13-26(19)2)24-10-8-17-9-11-28(25-17)18-6-4-16(22)5-7-18;/h4-7,9,11-13H,8,10,14H2,1-3H3,(H,23,24);1H. The minimum Gasteiger partial charge on any atom is -0.356 e. The number of hydrogen-bond donors (Lipinski definition) is 1. The molecule has 0 aliphatic rings. The average molecular weight is 531 g/mol. The minimum atomic E-state index is -0.256. The Hall–Kier alpha value is -2.07. The highest BCUT2D eigenvalue weighted by molar-refractivity contribution is 14.0. The van der Waals surface area contributed by atoms with Crippen LogP contribution in [0.15, 0.2) is 53.8 Å². The van der Waals surface area contributed by atoms with Crippen molar-refractivity contribution in [3.63, 3.8) is 0 Å². The zero-order valence-electron chi connectivity index (χ0n) is 16.6. The van der Waals surface area contributed by atoms with E-state index in [2.05, 4.69) is 15.4 Å². The molecule has 0 amide bonds. The quantitative estimate of drug-likeness (QED) is 0.299. The van der Waals surface area contributed by atoms with Gasteiger partial charge < -0.3 is 14.8 Å². The SMILES string of the molecule is CN=C(NCCc1ccn(-c2ccc(F)cc2)n1)N(C)Cc1cc(Cl)cn1C.I. The molecule has 6 nitrogen and oxygen atoms in total. The van der Waals surface area contributed by atoms with E-state index in [9.17, 15) is 4.39 Å². The first kappa shape index (κ1) is 23.2. The van der Waals surface area contributed by atoms with Gasteiger partial charge in [0.1, 0.15) is 5.82 Å². The van der Waals surface area contributed by atoms with Crippen LogP contribution in [-0.4, -0.2) is 45.8 Å². The first-order chi connectivity index (χ1) is 13.5. The number of aryl methyl sites for hydroxylation is 1. The maximum atomic E-state index is 13.0. The lowest BCUT2D eigenvalue weighted by Gasteiger charge is -2.22. The Morgan fingerprint density at radius 2 is 2.00 bits per heavy atom. The van der Waals surface area contributed by atoms with Crippen LogP contribution >= 0.6 is 35.6 Å². The van der Waals surface area contributed by atoms with Crippen molar-refractivity contribution in [2.45, 2.75) is 13.0 Å². The van der Waals surface area contributed by atoms with Crippen molar-refractivity contribution in [2.24, 2.45) is 12.0 Å². The van der Waals surface area contributed by atoms with E-state index in [-0.39, 0.29) is 29.8 Å². The second kappa shape index (κ2) is 10.6.